The zero-order valence-corrected chi connectivity index (χ0v) is 22.4. The van der Waals surface area contributed by atoms with Crippen LogP contribution in [0, 0.1) is 5.92 Å². The van der Waals surface area contributed by atoms with Crippen molar-refractivity contribution < 1.29 is 14.4 Å². The first-order valence-electron chi connectivity index (χ1n) is 12.4. The number of nitrogens with zero attached hydrogens (tertiary/aromatic N) is 5. The van der Waals surface area contributed by atoms with Gasteiger partial charge >= 0.3 is 0 Å². The van der Waals surface area contributed by atoms with Gasteiger partial charge in [-0.05, 0) is 49.2 Å². The second-order valence-corrected chi connectivity index (χ2v) is 11.0. The van der Waals surface area contributed by atoms with E-state index in [4.69, 9.17) is 17.3 Å². The Morgan fingerprint density at radius 1 is 1.08 bits per heavy atom. The Bertz CT molecular complexity index is 1600. The van der Waals surface area contributed by atoms with Crippen LogP contribution in [0.15, 0.2) is 65.7 Å². The van der Waals surface area contributed by atoms with Crippen molar-refractivity contribution in [2.24, 2.45) is 11.7 Å². The molecule has 39 heavy (non-hydrogen) atoms. The van der Waals surface area contributed by atoms with Crippen molar-refractivity contribution >= 4 is 40.5 Å². The molecule has 0 saturated carbocycles. The molecule has 1 fully saturated rings. The molecule has 0 aliphatic carbocycles. The van der Waals surface area contributed by atoms with E-state index in [1.807, 2.05) is 0 Å². The molecule has 0 unspecified atom stereocenters. The molecule has 0 radical (unpaired) electrons. The summed E-state index contributed by atoms with van der Waals surface area (Å²) in [5.74, 6) is -0.896. The molecule has 10 nitrogen and oxygen atoms in total. The van der Waals surface area contributed by atoms with Crippen LogP contribution in [0.25, 0.3) is 11.4 Å². The van der Waals surface area contributed by atoms with Gasteiger partial charge in [0, 0.05) is 49.8 Å². The molecular weight excluding hydrogens is 540 g/mol. The summed E-state index contributed by atoms with van der Waals surface area (Å²) in [5, 5.41) is 8.43. The number of hydrogen-bond donors (Lipinski definition) is 1. The Morgan fingerprint density at radius 3 is 2.56 bits per heavy atom. The Labute approximate surface area is 232 Å². The monoisotopic (exact) mass is 564 g/mol. The number of carbonyl (C=O) groups excluding carboxylic acids is 3. The van der Waals surface area contributed by atoms with E-state index < -0.39 is 0 Å². The van der Waals surface area contributed by atoms with Gasteiger partial charge in [-0.2, -0.15) is 0 Å². The number of carbonyl (C=O) groups is 3. The number of piperidine rings is 1. The highest BCUT2D eigenvalue weighted by Crippen LogP contribution is 2.25. The number of aromatic nitrogens is 4. The molecule has 12 heteroatoms. The average molecular weight is 565 g/mol. The number of rotatable bonds is 8. The highest BCUT2D eigenvalue weighted by molar-refractivity contribution is 7.18. The molecule has 200 valence electrons. The molecule has 5 rings (SSSR count). The van der Waals surface area contributed by atoms with Gasteiger partial charge < -0.3 is 10.6 Å². The predicted molar refractivity (Wildman–Crippen MR) is 147 cm³/mol. The number of likely N-dealkylation sites (tertiary alicyclic amines) is 1. The van der Waals surface area contributed by atoms with E-state index in [0.717, 1.165) is 0 Å². The number of nitrogens with two attached hydrogens (primary N) is 1. The van der Waals surface area contributed by atoms with Crippen LogP contribution in [0.2, 0.25) is 4.34 Å². The summed E-state index contributed by atoms with van der Waals surface area (Å²) in [4.78, 5) is 52.5. The molecule has 1 aliphatic rings. The summed E-state index contributed by atoms with van der Waals surface area (Å²) in [6.45, 7) is 0.775. The summed E-state index contributed by atoms with van der Waals surface area (Å²) in [6, 6.07) is 13.3. The van der Waals surface area contributed by atoms with Crippen LogP contribution in [0.1, 0.15) is 45.0 Å². The average Bonchev–Trinajstić information content (AvgIpc) is 3.60. The van der Waals surface area contributed by atoms with Crippen LogP contribution >= 0.6 is 22.9 Å². The maximum Gasteiger partial charge on any atom is 0.256 e. The van der Waals surface area contributed by atoms with Gasteiger partial charge in [0.05, 0.1) is 32.4 Å². The lowest BCUT2D eigenvalue weighted by molar-refractivity contribution is -0.123. The Kier molecular flexibility index (Phi) is 7.71. The van der Waals surface area contributed by atoms with E-state index in [9.17, 15) is 19.2 Å². The lowest BCUT2D eigenvalue weighted by atomic mass is 9.95. The van der Waals surface area contributed by atoms with Gasteiger partial charge in [-0.3, -0.25) is 23.7 Å². The van der Waals surface area contributed by atoms with Crippen molar-refractivity contribution in [2.75, 3.05) is 13.1 Å². The van der Waals surface area contributed by atoms with Gasteiger partial charge in [-0.15, -0.1) is 16.4 Å². The minimum Gasteiger partial charge on any atom is -0.369 e. The zero-order chi connectivity index (χ0) is 27.5. The van der Waals surface area contributed by atoms with Gasteiger partial charge in [-0.1, -0.05) is 22.9 Å². The topological polar surface area (TPSA) is 133 Å². The predicted octanol–water partition coefficient (Wildman–Crippen LogP) is 3.29. The lowest BCUT2D eigenvalue weighted by Crippen LogP contribution is -2.42. The molecule has 0 bridgehead atoms. The van der Waals surface area contributed by atoms with Crippen molar-refractivity contribution in [3.63, 3.8) is 0 Å². The largest absolute Gasteiger partial charge is 0.369 e. The van der Waals surface area contributed by atoms with E-state index in [1.54, 1.807) is 59.8 Å². The smallest absolute Gasteiger partial charge is 0.256 e. The first-order valence-corrected chi connectivity index (χ1v) is 13.6. The molecule has 1 aliphatic heterocycles. The van der Waals surface area contributed by atoms with Crippen molar-refractivity contribution in [3.05, 3.63) is 91.7 Å². The number of thiophene rings is 1. The molecule has 3 aromatic heterocycles. The summed E-state index contributed by atoms with van der Waals surface area (Å²) < 4.78 is 3.51. The number of pyridine rings is 1. The van der Waals surface area contributed by atoms with Gasteiger partial charge in [0.25, 0.3) is 11.5 Å². The minimum atomic E-state index is -0.357. The number of amides is 2. The van der Waals surface area contributed by atoms with E-state index >= 15 is 0 Å². The van der Waals surface area contributed by atoms with Crippen molar-refractivity contribution in [1.82, 2.24) is 24.5 Å². The number of aryl methyl sites for hydroxylation is 1. The van der Waals surface area contributed by atoms with Crippen LogP contribution < -0.4 is 11.3 Å². The van der Waals surface area contributed by atoms with Crippen LogP contribution in [0.4, 0.5) is 0 Å². The maximum atomic E-state index is 13.7. The fourth-order valence-corrected chi connectivity index (χ4v) is 5.59. The van der Waals surface area contributed by atoms with Crippen LogP contribution in [-0.2, 0) is 11.2 Å². The fourth-order valence-electron chi connectivity index (χ4n) is 4.58. The number of halogens is 1. The van der Waals surface area contributed by atoms with Gasteiger partial charge in [0.15, 0.2) is 5.78 Å². The molecule has 4 aromatic rings. The Hall–Kier alpha value is -4.09. The number of benzene rings is 1. The molecular formula is C27H25ClN6O4S. The van der Waals surface area contributed by atoms with Gasteiger partial charge in [-0.25, -0.2) is 4.68 Å². The quantitative estimate of drug-likeness (QED) is 0.326. The molecule has 1 saturated heterocycles. The Morgan fingerprint density at radius 2 is 1.87 bits per heavy atom. The summed E-state index contributed by atoms with van der Waals surface area (Å²) >= 11 is 7.18. The normalized spacial score (nSPS) is 13.9. The van der Waals surface area contributed by atoms with Crippen LogP contribution in [-0.4, -0.2) is 55.1 Å². The van der Waals surface area contributed by atoms with E-state index in [-0.39, 0.29) is 35.5 Å². The van der Waals surface area contributed by atoms with E-state index in [1.165, 1.54) is 26.7 Å². The van der Waals surface area contributed by atoms with E-state index in [0.29, 0.717) is 64.2 Å². The van der Waals surface area contributed by atoms with Gasteiger partial charge in [0.2, 0.25) is 5.91 Å². The van der Waals surface area contributed by atoms with Crippen LogP contribution in [0.3, 0.4) is 0 Å². The number of Topliss-reactive ketones (excluding diaryl/α,β-unsaturated/α-hetero) is 1. The molecule has 0 atom stereocenters. The van der Waals surface area contributed by atoms with E-state index in [2.05, 4.69) is 10.3 Å². The van der Waals surface area contributed by atoms with Crippen molar-refractivity contribution in [2.45, 2.75) is 25.7 Å². The Balaban J connectivity index is 1.43. The first kappa shape index (κ1) is 26.5. The van der Waals surface area contributed by atoms with Crippen molar-refractivity contribution in [1.29, 1.82) is 0 Å². The number of hydrogen-bond acceptors (Lipinski definition) is 7. The number of primary amides is 1. The third-order valence-electron chi connectivity index (χ3n) is 6.74. The number of ketones is 1. The summed E-state index contributed by atoms with van der Waals surface area (Å²) in [5.41, 5.74) is 7.17. The zero-order valence-electron chi connectivity index (χ0n) is 20.8. The fraction of sp³-hybridized carbons (Fsp3) is 0.259. The summed E-state index contributed by atoms with van der Waals surface area (Å²) in [6.07, 6.45) is 4.92. The maximum absolute atomic E-state index is 13.7. The lowest BCUT2D eigenvalue weighted by Gasteiger charge is -2.31. The van der Waals surface area contributed by atoms with Crippen molar-refractivity contribution in [3.8, 4) is 11.4 Å². The summed E-state index contributed by atoms with van der Waals surface area (Å²) in [7, 11) is 0. The highest BCUT2D eigenvalue weighted by Gasteiger charge is 2.28. The molecule has 4 heterocycles. The van der Waals surface area contributed by atoms with Gasteiger partial charge in [0.1, 0.15) is 0 Å². The molecule has 1 aromatic carbocycles. The third kappa shape index (κ3) is 5.84. The highest BCUT2D eigenvalue weighted by atomic mass is 35.5. The molecule has 0 spiro atoms. The first-order chi connectivity index (χ1) is 18.8. The third-order valence-corrected chi connectivity index (χ3v) is 8.01. The molecule has 2 amide bonds. The second kappa shape index (κ2) is 11.3. The standard InChI is InChI=1S/C27H25ClN6O4S/c28-24-9-8-23(39-24)22(35)7-4-18-16-34(31-30-18)21-6-5-19(33-12-2-1-3-25(33)36)15-20(21)27(38)32-13-10-17(11-14-32)26(29)37/h1-3,5-6,8-9,12,15-17H,4,7,10-11,13-14H2,(H2,29,37). The molecule has 2 N–H and O–H groups in total. The van der Waals surface area contributed by atoms with Crippen LogP contribution in [0.5, 0.6) is 0 Å². The SMILES string of the molecule is NC(=O)C1CCN(C(=O)c2cc(-n3ccccc3=O)ccc2-n2cc(CCC(=O)c3ccc(Cl)s3)nn2)CC1. The minimum absolute atomic E-state index is 0.0330. The second-order valence-electron chi connectivity index (χ2n) is 9.26.